The molecule has 8 nitrogen and oxygen atoms in total. The number of nitrogens with one attached hydrogen (secondary N) is 1. The summed E-state index contributed by atoms with van der Waals surface area (Å²) in [6.45, 7) is -1.82. The van der Waals surface area contributed by atoms with Crippen LogP contribution in [0.5, 0.6) is 0 Å². The van der Waals surface area contributed by atoms with Gasteiger partial charge in [-0.2, -0.15) is 13.2 Å². The SMILES string of the molecule is COCCN(CC(=O)O)C(=O)C(NC(=O)OCC1c2ccccc2-c2ccccc21)C(F)(F)F. The molecule has 0 saturated carbocycles. The summed E-state index contributed by atoms with van der Waals surface area (Å²) in [6, 6.07) is 11.9. The molecule has 1 aliphatic rings. The molecule has 3 rings (SSSR count). The third-order valence-electron chi connectivity index (χ3n) is 5.38. The van der Waals surface area contributed by atoms with Crippen LogP contribution in [-0.2, 0) is 19.1 Å². The standard InChI is InChI=1S/C23H23F3N2O6/c1-33-11-10-28(12-19(29)30)21(31)20(23(24,25)26)27-22(32)34-13-18-16-8-4-2-6-14(16)15-7-3-5-9-17(15)18/h2-9,18,20H,10-13H2,1H3,(H,27,32)(H,29,30). The van der Waals surface area contributed by atoms with Crippen molar-refractivity contribution in [2.75, 3.05) is 33.4 Å². The molecule has 11 heteroatoms. The molecule has 0 saturated heterocycles. The van der Waals surface area contributed by atoms with E-state index < -0.39 is 43.3 Å². The van der Waals surface area contributed by atoms with Crippen LogP contribution in [-0.4, -0.2) is 73.6 Å². The predicted octanol–water partition coefficient (Wildman–Crippen LogP) is 3.02. The zero-order valence-corrected chi connectivity index (χ0v) is 18.2. The number of carbonyl (C=O) groups is 3. The molecule has 0 aliphatic heterocycles. The molecule has 2 amide bonds. The van der Waals surface area contributed by atoms with E-state index in [-0.39, 0.29) is 19.1 Å². The van der Waals surface area contributed by atoms with Crippen molar-refractivity contribution in [1.82, 2.24) is 10.2 Å². The number of alkyl halides is 3. The summed E-state index contributed by atoms with van der Waals surface area (Å²) in [6.07, 6.45) is -6.62. The number of hydrogen-bond donors (Lipinski definition) is 2. The van der Waals surface area contributed by atoms with Crippen LogP contribution in [0, 0.1) is 0 Å². The van der Waals surface area contributed by atoms with E-state index in [9.17, 15) is 27.6 Å². The number of amides is 2. The van der Waals surface area contributed by atoms with Crippen molar-refractivity contribution in [2.45, 2.75) is 18.1 Å². The largest absolute Gasteiger partial charge is 0.480 e. The molecule has 0 spiro atoms. The molecule has 0 bridgehead atoms. The van der Waals surface area contributed by atoms with Crippen LogP contribution in [0.2, 0.25) is 0 Å². The number of hydrogen-bond acceptors (Lipinski definition) is 5. The van der Waals surface area contributed by atoms with E-state index in [1.165, 1.54) is 7.11 Å². The van der Waals surface area contributed by atoms with Gasteiger partial charge in [-0.05, 0) is 22.3 Å². The number of fused-ring (bicyclic) bond motifs is 3. The summed E-state index contributed by atoms with van der Waals surface area (Å²) in [5.74, 6) is -3.52. The van der Waals surface area contributed by atoms with Crippen LogP contribution in [0.25, 0.3) is 11.1 Å². The van der Waals surface area contributed by atoms with Crippen molar-refractivity contribution in [3.05, 3.63) is 59.7 Å². The highest BCUT2D eigenvalue weighted by atomic mass is 19.4. The van der Waals surface area contributed by atoms with Gasteiger partial charge in [0.25, 0.3) is 5.91 Å². The first kappa shape index (κ1) is 25.0. The van der Waals surface area contributed by atoms with E-state index >= 15 is 0 Å². The normalized spacial score (nSPS) is 13.5. The van der Waals surface area contributed by atoms with Crippen LogP contribution >= 0.6 is 0 Å². The Kier molecular flexibility index (Phi) is 7.77. The summed E-state index contributed by atoms with van der Waals surface area (Å²) < 4.78 is 50.6. The molecular formula is C23H23F3N2O6. The van der Waals surface area contributed by atoms with Gasteiger partial charge >= 0.3 is 18.2 Å². The second-order valence-electron chi connectivity index (χ2n) is 7.59. The summed E-state index contributed by atoms with van der Waals surface area (Å²) >= 11 is 0. The Hall–Kier alpha value is -3.60. The lowest BCUT2D eigenvalue weighted by atomic mass is 9.98. The number of methoxy groups -OCH3 is 1. The molecule has 182 valence electrons. The van der Waals surface area contributed by atoms with Crippen LogP contribution in [0.1, 0.15) is 17.0 Å². The summed E-state index contributed by atoms with van der Waals surface area (Å²) in [5.41, 5.74) is 3.62. The topological polar surface area (TPSA) is 105 Å². The average molecular weight is 480 g/mol. The number of carboxylic acid groups (broad SMARTS) is 1. The van der Waals surface area contributed by atoms with Gasteiger partial charge in [0.1, 0.15) is 13.2 Å². The molecule has 34 heavy (non-hydrogen) atoms. The predicted molar refractivity (Wildman–Crippen MR) is 114 cm³/mol. The Morgan fingerprint density at radius 2 is 1.62 bits per heavy atom. The number of carboxylic acids is 1. The molecule has 0 aromatic heterocycles. The maximum absolute atomic E-state index is 13.6. The van der Waals surface area contributed by atoms with E-state index in [4.69, 9.17) is 14.6 Å². The smallest absolute Gasteiger partial charge is 0.417 e. The fourth-order valence-corrected chi connectivity index (χ4v) is 3.86. The van der Waals surface area contributed by atoms with Crippen LogP contribution in [0.4, 0.5) is 18.0 Å². The van der Waals surface area contributed by atoms with Gasteiger partial charge in [0.15, 0.2) is 0 Å². The van der Waals surface area contributed by atoms with Gasteiger partial charge in [0.2, 0.25) is 6.04 Å². The molecule has 2 aromatic rings. The van der Waals surface area contributed by atoms with E-state index in [1.807, 2.05) is 48.5 Å². The first-order valence-electron chi connectivity index (χ1n) is 10.3. The minimum atomic E-state index is -5.17. The molecule has 0 radical (unpaired) electrons. The molecule has 0 heterocycles. The summed E-state index contributed by atoms with van der Waals surface area (Å²) in [7, 11) is 1.25. The van der Waals surface area contributed by atoms with Gasteiger partial charge in [-0.3, -0.25) is 9.59 Å². The lowest BCUT2D eigenvalue weighted by Gasteiger charge is -2.27. The third-order valence-corrected chi connectivity index (χ3v) is 5.38. The Morgan fingerprint density at radius 3 is 2.12 bits per heavy atom. The van der Waals surface area contributed by atoms with Crippen molar-refractivity contribution in [3.8, 4) is 11.1 Å². The van der Waals surface area contributed by atoms with Gasteiger partial charge in [0, 0.05) is 19.6 Å². The number of nitrogens with zero attached hydrogens (tertiary/aromatic N) is 1. The Bertz CT molecular complexity index is 1010. The molecule has 1 unspecified atom stereocenters. The van der Waals surface area contributed by atoms with Gasteiger partial charge < -0.3 is 24.8 Å². The Labute approximate surface area is 193 Å². The highest BCUT2D eigenvalue weighted by Crippen LogP contribution is 2.44. The zero-order chi connectivity index (χ0) is 24.9. The van der Waals surface area contributed by atoms with Gasteiger partial charge in [-0.1, -0.05) is 48.5 Å². The average Bonchev–Trinajstić information content (AvgIpc) is 3.11. The second-order valence-corrected chi connectivity index (χ2v) is 7.59. The second kappa shape index (κ2) is 10.6. The zero-order valence-electron chi connectivity index (χ0n) is 18.2. The lowest BCUT2D eigenvalue weighted by Crippen LogP contribution is -2.57. The summed E-state index contributed by atoms with van der Waals surface area (Å²) in [4.78, 5) is 36.2. The van der Waals surface area contributed by atoms with Crippen LogP contribution in [0.3, 0.4) is 0 Å². The Balaban J connectivity index is 1.72. The quantitative estimate of drug-likeness (QED) is 0.572. The summed E-state index contributed by atoms with van der Waals surface area (Å²) in [5, 5.41) is 10.5. The molecule has 2 N–H and O–H groups in total. The lowest BCUT2D eigenvalue weighted by molar-refractivity contribution is -0.176. The maximum atomic E-state index is 13.6. The molecule has 0 fully saturated rings. The molecule has 1 atom stereocenters. The number of halogens is 3. The van der Waals surface area contributed by atoms with Crippen molar-refractivity contribution in [2.24, 2.45) is 0 Å². The molecular weight excluding hydrogens is 457 g/mol. The molecule has 1 aliphatic carbocycles. The van der Waals surface area contributed by atoms with Crippen LogP contribution < -0.4 is 5.32 Å². The van der Waals surface area contributed by atoms with E-state index in [1.54, 1.807) is 5.32 Å². The van der Waals surface area contributed by atoms with Gasteiger partial charge in [-0.25, -0.2) is 4.79 Å². The monoisotopic (exact) mass is 480 g/mol. The van der Waals surface area contributed by atoms with Crippen LogP contribution in [0.15, 0.2) is 48.5 Å². The fraction of sp³-hybridized carbons (Fsp3) is 0.348. The minimum Gasteiger partial charge on any atom is -0.480 e. The maximum Gasteiger partial charge on any atom is 0.417 e. The highest BCUT2D eigenvalue weighted by molar-refractivity contribution is 5.89. The number of aliphatic carboxylic acids is 1. The number of benzene rings is 2. The number of carbonyl (C=O) groups excluding carboxylic acids is 2. The Morgan fingerprint density at radius 1 is 1.06 bits per heavy atom. The first-order chi connectivity index (χ1) is 16.1. The first-order valence-corrected chi connectivity index (χ1v) is 10.3. The number of alkyl carbamates (subject to hydrolysis) is 1. The van der Waals surface area contributed by atoms with Gasteiger partial charge in [-0.15, -0.1) is 0 Å². The van der Waals surface area contributed by atoms with E-state index in [2.05, 4.69) is 0 Å². The van der Waals surface area contributed by atoms with Crippen molar-refractivity contribution in [1.29, 1.82) is 0 Å². The third kappa shape index (κ3) is 5.66. The minimum absolute atomic E-state index is 0.186. The highest BCUT2D eigenvalue weighted by Gasteiger charge is 2.48. The van der Waals surface area contributed by atoms with Crippen molar-refractivity contribution >= 4 is 18.0 Å². The van der Waals surface area contributed by atoms with E-state index in [0.717, 1.165) is 22.3 Å². The number of ether oxygens (including phenoxy) is 2. The molecule has 2 aromatic carbocycles. The number of rotatable bonds is 9. The van der Waals surface area contributed by atoms with E-state index in [0.29, 0.717) is 4.90 Å². The van der Waals surface area contributed by atoms with Gasteiger partial charge in [0.05, 0.1) is 6.61 Å². The fourth-order valence-electron chi connectivity index (χ4n) is 3.86. The van der Waals surface area contributed by atoms with Crippen molar-refractivity contribution in [3.63, 3.8) is 0 Å². The van der Waals surface area contributed by atoms with Crippen molar-refractivity contribution < 1.29 is 42.1 Å².